The minimum absolute atomic E-state index is 0. The number of aromatic nitrogens is 2. The van der Waals surface area contributed by atoms with E-state index in [1.807, 2.05) is 31.2 Å². The number of nitrogens with zero attached hydrogens (tertiary/aromatic N) is 4. The number of aryl methyl sites for hydroxylation is 1. The third kappa shape index (κ3) is 3.35. The summed E-state index contributed by atoms with van der Waals surface area (Å²) in [6, 6.07) is 0.426. The number of rotatable bonds is 3. The summed E-state index contributed by atoms with van der Waals surface area (Å²) in [7, 11) is 5.85. The Labute approximate surface area is 155 Å². The fourth-order valence-electron chi connectivity index (χ4n) is 4.00. The molecule has 1 saturated heterocycles. The van der Waals surface area contributed by atoms with Crippen molar-refractivity contribution >= 4 is 29.9 Å². The lowest BCUT2D eigenvalue weighted by molar-refractivity contribution is -0.107. The number of halogens is 1. The van der Waals surface area contributed by atoms with Gasteiger partial charge < -0.3 is 15.0 Å². The SMILES string of the molecule is CN=C(NC1C2CCOC2C1(C)C)N(C)Cc1cnn(C)c1.I. The quantitative estimate of drug-likeness (QED) is 0.449. The van der Waals surface area contributed by atoms with Crippen LogP contribution in [0.15, 0.2) is 17.4 Å². The van der Waals surface area contributed by atoms with Crippen LogP contribution >= 0.6 is 24.0 Å². The Bertz CT molecular complexity index is 571. The first-order valence-corrected chi connectivity index (χ1v) is 7.97. The van der Waals surface area contributed by atoms with Crippen LogP contribution < -0.4 is 5.32 Å². The van der Waals surface area contributed by atoms with Crippen molar-refractivity contribution in [2.75, 3.05) is 20.7 Å². The number of hydrogen-bond donors (Lipinski definition) is 1. The molecule has 1 N–H and O–H groups in total. The molecule has 2 aliphatic rings. The molecule has 3 rings (SSSR count). The second kappa shape index (κ2) is 6.96. The van der Waals surface area contributed by atoms with Gasteiger partial charge in [-0.25, -0.2) is 0 Å². The van der Waals surface area contributed by atoms with E-state index in [-0.39, 0.29) is 29.4 Å². The molecule has 2 heterocycles. The predicted octanol–water partition coefficient (Wildman–Crippen LogP) is 1.86. The van der Waals surface area contributed by atoms with E-state index >= 15 is 0 Å². The molecule has 130 valence electrons. The van der Waals surface area contributed by atoms with E-state index in [0.717, 1.165) is 25.5 Å². The minimum Gasteiger partial charge on any atom is -0.377 e. The smallest absolute Gasteiger partial charge is 0.193 e. The van der Waals surface area contributed by atoms with Crippen molar-refractivity contribution in [1.29, 1.82) is 0 Å². The predicted molar refractivity (Wildman–Crippen MR) is 102 cm³/mol. The van der Waals surface area contributed by atoms with Crippen LogP contribution in [0.1, 0.15) is 25.8 Å². The van der Waals surface area contributed by atoms with E-state index in [9.17, 15) is 0 Å². The highest BCUT2D eigenvalue weighted by Crippen LogP contribution is 2.52. The Morgan fingerprint density at radius 1 is 1.57 bits per heavy atom. The maximum absolute atomic E-state index is 5.87. The van der Waals surface area contributed by atoms with Gasteiger partial charge in [0, 0.05) is 63.4 Å². The molecule has 7 heteroatoms. The third-order valence-electron chi connectivity index (χ3n) is 5.14. The summed E-state index contributed by atoms with van der Waals surface area (Å²) < 4.78 is 7.70. The molecule has 1 aliphatic heterocycles. The summed E-state index contributed by atoms with van der Waals surface area (Å²) >= 11 is 0. The molecule has 0 bridgehead atoms. The van der Waals surface area contributed by atoms with Gasteiger partial charge in [-0.3, -0.25) is 9.67 Å². The number of fused-ring (bicyclic) bond motifs is 1. The van der Waals surface area contributed by atoms with Gasteiger partial charge in [-0.1, -0.05) is 13.8 Å². The zero-order chi connectivity index (χ0) is 15.9. The molecule has 1 aromatic rings. The summed E-state index contributed by atoms with van der Waals surface area (Å²) in [4.78, 5) is 6.60. The van der Waals surface area contributed by atoms with E-state index in [2.05, 4.69) is 41.2 Å². The lowest BCUT2D eigenvalue weighted by Gasteiger charge is -2.55. The average Bonchev–Trinajstić information content (AvgIpc) is 3.07. The zero-order valence-corrected chi connectivity index (χ0v) is 16.9. The molecule has 1 aromatic heterocycles. The number of hydrogen-bond acceptors (Lipinski definition) is 3. The molecule has 0 aromatic carbocycles. The first-order chi connectivity index (χ1) is 10.4. The summed E-state index contributed by atoms with van der Waals surface area (Å²) in [6.45, 7) is 6.25. The summed E-state index contributed by atoms with van der Waals surface area (Å²) in [5.74, 6) is 1.55. The van der Waals surface area contributed by atoms with Crippen LogP contribution in [0.25, 0.3) is 0 Å². The Hall–Kier alpha value is -0.830. The van der Waals surface area contributed by atoms with E-state index in [0.29, 0.717) is 18.1 Å². The van der Waals surface area contributed by atoms with Gasteiger partial charge in [0.2, 0.25) is 0 Å². The molecule has 3 atom stereocenters. The van der Waals surface area contributed by atoms with Gasteiger partial charge >= 0.3 is 0 Å². The number of nitrogens with one attached hydrogen (secondary N) is 1. The molecule has 0 spiro atoms. The third-order valence-corrected chi connectivity index (χ3v) is 5.14. The highest BCUT2D eigenvalue weighted by molar-refractivity contribution is 14.0. The van der Waals surface area contributed by atoms with Gasteiger partial charge in [-0.15, -0.1) is 24.0 Å². The van der Waals surface area contributed by atoms with Crippen LogP contribution in [0.2, 0.25) is 0 Å². The molecule has 1 aliphatic carbocycles. The fourth-order valence-corrected chi connectivity index (χ4v) is 4.00. The molecular formula is C16H28IN5O. The van der Waals surface area contributed by atoms with Crippen molar-refractivity contribution in [2.24, 2.45) is 23.4 Å². The lowest BCUT2D eigenvalue weighted by atomic mass is 9.57. The van der Waals surface area contributed by atoms with Crippen molar-refractivity contribution in [3.63, 3.8) is 0 Å². The summed E-state index contributed by atoms with van der Waals surface area (Å²) in [6.07, 6.45) is 5.48. The molecule has 2 fully saturated rings. The topological polar surface area (TPSA) is 54.7 Å². The maximum atomic E-state index is 5.87. The number of aliphatic imine (C=N–C) groups is 1. The van der Waals surface area contributed by atoms with Crippen LogP contribution in [0, 0.1) is 11.3 Å². The van der Waals surface area contributed by atoms with Crippen LogP contribution in [0.5, 0.6) is 0 Å². The lowest BCUT2D eigenvalue weighted by Crippen LogP contribution is -2.67. The summed E-state index contributed by atoms with van der Waals surface area (Å²) in [5, 5.41) is 7.88. The van der Waals surface area contributed by atoms with Crippen molar-refractivity contribution in [3.8, 4) is 0 Å². The Morgan fingerprint density at radius 2 is 2.30 bits per heavy atom. The van der Waals surface area contributed by atoms with Gasteiger partial charge in [0.15, 0.2) is 5.96 Å². The molecule has 0 radical (unpaired) electrons. The fraction of sp³-hybridized carbons (Fsp3) is 0.750. The molecule has 0 amide bonds. The van der Waals surface area contributed by atoms with Gasteiger partial charge in [0.25, 0.3) is 0 Å². The van der Waals surface area contributed by atoms with E-state index < -0.39 is 0 Å². The Balaban J connectivity index is 0.00000192. The second-order valence-electron chi connectivity index (χ2n) is 7.11. The Morgan fingerprint density at radius 3 is 2.91 bits per heavy atom. The maximum Gasteiger partial charge on any atom is 0.193 e. The van der Waals surface area contributed by atoms with Crippen LogP contribution in [-0.2, 0) is 18.3 Å². The minimum atomic E-state index is 0. The van der Waals surface area contributed by atoms with Crippen molar-refractivity contribution in [3.05, 3.63) is 18.0 Å². The second-order valence-corrected chi connectivity index (χ2v) is 7.11. The largest absolute Gasteiger partial charge is 0.377 e. The van der Waals surface area contributed by atoms with Crippen molar-refractivity contribution < 1.29 is 4.74 Å². The molecule has 3 unspecified atom stereocenters. The first kappa shape index (κ1) is 18.5. The highest BCUT2D eigenvalue weighted by Gasteiger charge is 2.59. The standard InChI is InChI=1S/C16H27N5O.HI/c1-16(2)13(12-6-7-22-14(12)16)19-15(17-3)20(4)9-11-8-18-21(5)10-11;/h8,10,12-14H,6-7,9H2,1-5H3,(H,17,19);1H. The van der Waals surface area contributed by atoms with Crippen LogP contribution in [0.3, 0.4) is 0 Å². The van der Waals surface area contributed by atoms with E-state index in [1.165, 1.54) is 5.56 Å². The van der Waals surface area contributed by atoms with Crippen molar-refractivity contribution in [1.82, 2.24) is 20.0 Å². The first-order valence-electron chi connectivity index (χ1n) is 7.97. The molecular weight excluding hydrogens is 405 g/mol. The average molecular weight is 433 g/mol. The van der Waals surface area contributed by atoms with Gasteiger partial charge in [-0.2, -0.15) is 5.10 Å². The molecule has 1 saturated carbocycles. The van der Waals surface area contributed by atoms with E-state index in [1.54, 1.807) is 0 Å². The molecule has 23 heavy (non-hydrogen) atoms. The van der Waals surface area contributed by atoms with Crippen molar-refractivity contribution in [2.45, 2.75) is 39.0 Å². The van der Waals surface area contributed by atoms with Gasteiger partial charge in [0.1, 0.15) is 0 Å². The zero-order valence-electron chi connectivity index (χ0n) is 14.6. The van der Waals surface area contributed by atoms with Gasteiger partial charge in [-0.05, 0) is 6.42 Å². The molecule has 6 nitrogen and oxygen atoms in total. The summed E-state index contributed by atoms with van der Waals surface area (Å²) in [5.41, 5.74) is 1.34. The van der Waals surface area contributed by atoms with Crippen LogP contribution in [-0.4, -0.2) is 53.5 Å². The van der Waals surface area contributed by atoms with E-state index in [4.69, 9.17) is 4.74 Å². The number of ether oxygens (including phenoxy) is 1. The number of guanidine groups is 1. The highest BCUT2D eigenvalue weighted by atomic mass is 127. The Kier molecular flexibility index (Phi) is 5.60. The normalized spacial score (nSPS) is 28.6. The van der Waals surface area contributed by atoms with Gasteiger partial charge in [0.05, 0.1) is 12.3 Å². The van der Waals surface area contributed by atoms with Crippen LogP contribution in [0.4, 0.5) is 0 Å². The monoisotopic (exact) mass is 433 g/mol.